The Labute approximate surface area is 201 Å². The molecule has 2 rings (SSSR count). The second-order valence-corrected chi connectivity index (χ2v) is 10.4. The van der Waals surface area contributed by atoms with E-state index in [1.54, 1.807) is 0 Å². The third-order valence-corrected chi connectivity index (χ3v) is 6.93. The number of nitrogens with one attached hydrogen (secondary N) is 2. The Morgan fingerprint density at radius 3 is 2.19 bits per heavy atom. The predicted octanol–water partition coefficient (Wildman–Crippen LogP) is 7.52. The lowest BCUT2D eigenvalue weighted by molar-refractivity contribution is 0.296. The van der Waals surface area contributed by atoms with E-state index < -0.39 is 0 Å². The van der Waals surface area contributed by atoms with Crippen LogP contribution in [0.2, 0.25) is 0 Å². The van der Waals surface area contributed by atoms with Crippen LogP contribution in [-0.4, -0.2) is 18.3 Å². The van der Waals surface area contributed by atoms with E-state index >= 15 is 0 Å². The van der Waals surface area contributed by atoms with Gasteiger partial charge in [-0.1, -0.05) is 71.4 Å². The Morgan fingerprint density at radius 2 is 1.56 bits per heavy atom. The monoisotopic (exact) mass is 454 g/mol. The molecule has 0 spiro atoms. The molecule has 4 heteroatoms. The standard InChI is InChI=1S/C28H42N2OS/c1-8-27(4,5)22-14-17-25(24(20-22)28(6,7)9-2)31-19-11-10-18-29-26(32)30-23-15-12-21(3)13-16-23/h12-17,20H,8-11,18-19H2,1-7H3,(H2,29,30,32). The molecule has 0 heterocycles. The van der Waals surface area contributed by atoms with Gasteiger partial charge in [-0.3, -0.25) is 0 Å². The Morgan fingerprint density at radius 1 is 0.906 bits per heavy atom. The smallest absolute Gasteiger partial charge is 0.170 e. The summed E-state index contributed by atoms with van der Waals surface area (Å²) in [4.78, 5) is 0. The average Bonchev–Trinajstić information content (AvgIpc) is 2.77. The second kappa shape index (κ2) is 11.7. The first-order valence-electron chi connectivity index (χ1n) is 12.0. The summed E-state index contributed by atoms with van der Waals surface area (Å²) in [5.41, 5.74) is 5.22. The molecule has 32 heavy (non-hydrogen) atoms. The number of unbranched alkanes of at least 4 members (excludes halogenated alkanes) is 1. The zero-order chi connectivity index (χ0) is 23.8. The SMILES string of the molecule is CCC(C)(C)c1ccc(OCCCCNC(=S)Nc2ccc(C)cc2)c(C(C)(C)CC)c1. The highest BCUT2D eigenvalue weighted by Gasteiger charge is 2.26. The molecule has 0 radical (unpaired) electrons. The van der Waals surface area contributed by atoms with Gasteiger partial charge >= 0.3 is 0 Å². The van der Waals surface area contributed by atoms with Crippen molar-refractivity contribution in [2.45, 2.75) is 85.0 Å². The molecule has 0 fully saturated rings. The second-order valence-electron chi connectivity index (χ2n) is 9.99. The van der Waals surface area contributed by atoms with Crippen LogP contribution in [0.5, 0.6) is 5.75 Å². The van der Waals surface area contributed by atoms with Crippen LogP contribution in [0.3, 0.4) is 0 Å². The van der Waals surface area contributed by atoms with Gasteiger partial charge < -0.3 is 15.4 Å². The van der Waals surface area contributed by atoms with E-state index in [0.29, 0.717) is 11.7 Å². The van der Waals surface area contributed by atoms with Gasteiger partial charge in [-0.2, -0.15) is 0 Å². The summed E-state index contributed by atoms with van der Waals surface area (Å²) in [7, 11) is 0. The minimum Gasteiger partial charge on any atom is -0.493 e. The van der Waals surface area contributed by atoms with E-state index in [1.807, 2.05) is 12.1 Å². The molecule has 0 bridgehead atoms. The van der Waals surface area contributed by atoms with E-state index in [-0.39, 0.29) is 10.8 Å². The predicted molar refractivity (Wildman–Crippen MR) is 143 cm³/mol. The molecule has 0 saturated heterocycles. The van der Waals surface area contributed by atoms with Crippen molar-refractivity contribution in [1.82, 2.24) is 5.32 Å². The van der Waals surface area contributed by atoms with Crippen LogP contribution in [-0.2, 0) is 10.8 Å². The first-order chi connectivity index (χ1) is 15.1. The third kappa shape index (κ3) is 7.51. The van der Waals surface area contributed by atoms with Crippen LogP contribution >= 0.6 is 12.2 Å². The van der Waals surface area contributed by atoms with Gasteiger partial charge in [0.15, 0.2) is 5.11 Å². The van der Waals surface area contributed by atoms with Gasteiger partial charge in [0.05, 0.1) is 6.61 Å². The maximum atomic E-state index is 6.26. The minimum atomic E-state index is 0.0879. The van der Waals surface area contributed by atoms with Gasteiger partial charge in [0.25, 0.3) is 0 Å². The summed E-state index contributed by atoms with van der Waals surface area (Å²) in [5.74, 6) is 1.03. The highest BCUT2D eigenvalue weighted by molar-refractivity contribution is 7.80. The maximum Gasteiger partial charge on any atom is 0.170 e. The molecule has 0 aliphatic heterocycles. The molecule has 0 atom stereocenters. The number of hydrogen-bond donors (Lipinski definition) is 2. The van der Waals surface area contributed by atoms with E-state index in [1.165, 1.54) is 16.7 Å². The summed E-state index contributed by atoms with van der Waals surface area (Å²) in [6.45, 7) is 17.4. The number of aryl methyl sites for hydroxylation is 1. The quantitative estimate of drug-likeness (QED) is 0.272. The number of hydrogen-bond acceptors (Lipinski definition) is 2. The van der Waals surface area contributed by atoms with Crippen molar-refractivity contribution in [3.8, 4) is 5.75 Å². The lowest BCUT2D eigenvalue weighted by Crippen LogP contribution is -2.29. The molecule has 3 nitrogen and oxygen atoms in total. The molecular weight excluding hydrogens is 412 g/mol. The van der Waals surface area contributed by atoms with Gasteiger partial charge in [-0.25, -0.2) is 0 Å². The Bertz CT molecular complexity index is 872. The van der Waals surface area contributed by atoms with Crippen molar-refractivity contribution < 1.29 is 4.74 Å². The van der Waals surface area contributed by atoms with Crippen LogP contribution < -0.4 is 15.4 Å². The Hall–Kier alpha value is -2.07. The van der Waals surface area contributed by atoms with E-state index in [2.05, 4.69) is 89.4 Å². The fraction of sp³-hybridized carbons (Fsp3) is 0.536. The fourth-order valence-electron chi connectivity index (χ4n) is 3.42. The van der Waals surface area contributed by atoms with E-state index in [0.717, 1.165) is 43.7 Å². The summed E-state index contributed by atoms with van der Waals surface area (Å²) in [6, 6.07) is 15.0. The number of anilines is 1. The van der Waals surface area contributed by atoms with Gasteiger partial charge in [0.1, 0.15) is 5.75 Å². The van der Waals surface area contributed by atoms with Crippen LogP contribution in [0.15, 0.2) is 42.5 Å². The Balaban J connectivity index is 1.85. The summed E-state index contributed by atoms with van der Waals surface area (Å²) in [5, 5.41) is 7.17. The van der Waals surface area contributed by atoms with Gasteiger partial charge in [0.2, 0.25) is 0 Å². The zero-order valence-electron chi connectivity index (χ0n) is 21.1. The molecule has 2 aromatic rings. The molecular formula is C28H42N2OS. The van der Waals surface area contributed by atoms with Crippen molar-refractivity contribution in [2.24, 2.45) is 0 Å². The number of benzene rings is 2. The third-order valence-electron chi connectivity index (χ3n) is 6.68. The molecule has 0 aliphatic rings. The number of rotatable bonds is 11. The van der Waals surface area contributed by atoms with Gasteiger partial charge in [-0.15, -0.1) is 0 Å². The highest BCUT2D eigenvalue weighted by Crippen LogP contribution is 2.38. The molecule has 0 aromatic heterocycles. The average molecular weight is 455 g/mol. The highest BCUT2D eigenvalue weighted by atomic mass is 32.1. The molecule has 0 aliphatic carbocycles. The van der Waals surface area contributed by atoms with Crippen LogP contribution in [0.25, 0.3) is 0 Å². The van der Waals surface area contributed by atoms with Crippen LogP contribution in [0.1, 0.15) is 83.9 Å². The lowest BCUT2D eigenvalue weighted by Gasteiger charge is -2.30. The zero-order valence-corrected chi connectivity index (χ0v) is 21.9. The summed E-state index contributed by atoms with van der Waals surface area (Å²) >= 11 is 5.39. The normalized spacial score (nSPS) is 11.8. The topological polar surface area (TPSA) is 33.3 Å². The summed E-state index contributed by atoms with van der Waals surface area (Å²) < 4.78 is 6.26. The minimum absolute atomic E-state index is 0.0879. The lowest BCUT2D eigenvalue weighted by atomic mass is 9.76. The molecule has 0 unspecified atom stereocenters. The Kier molecular flexibility index (Phi) is 9.57. The fourth-order valence-corrected chi connectivity index (χ4v) is 3.64. The molecule has 176 valence electrons. The van der Waals surface area contributed by atoms with Gasteiger partial charge in [-0.05, 0) is 79.4 Å². The van der Waals surface area contributed by atoms with Crippen molar-refractivity contribution in [3.05, 3.63) is 59.2 Å². The van der Waals surface area contributed by atoms with Crippen molar-refractivity contribution in [1.29, 1.82) is 0 Å². The number of thiocarbonyl (C=S) groups is 1. The molecule has 0 amide bonds. The van der Waals surface area contributed by atoms with Crippen molar-refractivity contribution in [3.63, 3.8) is 0 Å². The van der Waals surface area contributed by atoms with Crippen molar-refractivity contribution in [2.75, 3.05) is 18.5 Å². The molecule has 2 aromatic carbocycles. The van der Waals surface area contributed by atoms with Crippen LogP contribution in [0.4, 0.5) is 5.69 Å². The molecule has 2 N–H and O–H groups in total. The number of ether oxygens (including phenoxy) is 1. The van der Waals surface area contributed by atoms with Crippen LogP contribution in [0, 0.1) is 6.92 Å². The summed E-state index contributed by atoms with van der Waals surface area (Å²) in [6.07, 6.45) is 4.18. The maximum absolute atomic E-state index is 6.26. The first-order valence-corrected chi connectivity index (χ1v) is 12.4. The first kappa shape index (κ1) is 26.2. The van der Waals surface area contributed by atoms with Gasteiger partial charge in [0, 0.05) is 17.8 Å². The van der Waals surface area contributed by atoms with E-state index in [9.17, 15) is 0 Å². The molecule has 0 saturated carbocycles. The van der Waals surface area contributed by atoms with Crippen molar-refractivity contribution >= 4 is 23.0 Å². The van der Waals surface area contributed by atoms with E-state index in [4.69, 9.17) is 17.0 Å². The largest absolute Gasteiger partial charge is 0.493 e.